The van der Waals surface area contributed by atoms with Gasteiger partial charge in [-0.25, -0.2) is 0 Å². The Balaban J connectivity index is 3.90. The fourth-order valence-electron chi connectivity index (χ4n) is 0.747. The van der Waals surface area contributed by atoms with Gasteiger partial charge in [0.05, 0.1) is 0 Å². The van der Waals surface area contributed by atoms with Gasteiger partial charge in [0, 0.05) is 0 Å². The van der Waals surface area contributed by atoms with Crippen molar-refractivity contribution in [3.05, 3.63) is 36.0 Å². The molecule has 0 aromatic heterocycles. The van der Waals surface area contributed by atoms with E-state index in [1.807, 2.05) is 13.1 Å². The lowest BCUT2D eigenvalue weighted by Gasteiger charge is -1.98. The predicted molar refractivity (Wildman–Crippen MR) is 56.3 cm³/mol. The topological polar surface area (TPSA) is 12.0 Å². The Hall–Kier alpha value is -0.820. The van der Waals surface area contributed by atoms with Gasteiger partial charge in [0.1, 0.15) is 0 Å². The van der Waals surface area contributed by atoms with E-state index in [0.29, 0.717) is 0 Å². The first-order chi connectivity index (χ1) is 5.70. The molecule has 0 spiro atoms. The number of allylic oxidation sites excluding steroid dienone is 4. The minimum atomic E-state index is 1.04. The van der Waals surface area contributed by atoms with Gasteiger partial charge in [0.15, 0.2) is 0 Å². The average Bonchev–Trinajstić information content (AvgIpc) is 2.10. The SMILES string of the molecule is C=C/C(C)=C\C=C(/C)CCNC. The van der Waals surface area contributed by atoms with Crippen LogP contribution in [0.15, 0.2) is 36.0 Å². The van der Waals surface area contributed by atoms with Crippen molar-refractivity contribution in [3.8, 4) is 0 Å². The number of rotatable bonds is 5. The van der Waals surface area contributed by atoms with Gasteiger partial charge in [-0.05, 0) is 33.9 Å². The van der Waals surface area contributed by atoms with Crippen LogP contribution in [0.5, 0.6) is 0 Å². The van der Waals surface area contributed by atoms with Crippen LogP contribution in [0.25, 0.3) is 0 Å². The van der Waals surface area contributed by atoms with E-state index >= 15 is 0 Å². The summed E-state index contributed by atoms with van der Waals surface area (Å²) in [5.74, 6) is 0. The summed E-state index contributed by atoms with van der Waals surface area (Å²) >= 11 is 0. The highest BCUT2D eigenvalue weighted by Gasteiger charge is 1.85. The van der Waals surface area contributed by atoms with Crippen LogP contribution < -0.4 is 5.32 Å². The molecule has 0 rings (SSSR count). The highest BCUT2D eigenvalue weighted by atomic mass is 14.8. The molecule has 0 saturated heterocycles. The van der Waals surface area contributed by atoms with Crippen molar-refractivity contribution in [2.45, 2.75) is 20.3 Å². The van der Waals surface area contributed by atoms with Crippen molar-refractivity contribution in [1.82, 2.24) is 5.32 Å². The van der Waals surface area contributed by atoms with Crippen LogP contribution in [0.2, 0.25) is 0 Å². The molecule has 68 valence electrons. The Morgan fingerprint density at radius 2 is 2.00 bits per heavy atom. The van der Waals surface area contributed by atoms with Crippen LogP contribution in [-0.4, -0.2) is 13.6 Å². The fourth-order valence-corrected chi connectivity index (χ4v) is 0.747. The van der Waals surface area contributed by atoms with E-state index in [1.54, 1.807) is 0 Å². The molecule has 0 bridgehead atoms. The van der Waals surface area contributed by atoms with Crippen LogP contribution in [0.4, 0.5) is 0 Å². The van der Waals surface area contributed by atoms with E-state index in [4.69, 9.17) is 0 Å². The first-order valence-corrected chi connectivity index (χ1v) is 4.31. The second kappa shape index (κ2) is 6.86. The average molecular weight is 165 g/mol. The molecule has 0 amide bonds. The molecule has 0 aliphatic heterocycles. The number of hydrogen-bond donors (Lipinski definition) is 1. The van der Waals surface area contributed by atoms with E-state index in [0.717, 1.165) is 13.0 Å². The summed E-state index contributed by atoms with van der Waals surface area (Å²) in [6.45, 7) is 8.93. The molecular formula is C11H19N. The summed E-state index contributed by atoms with van der Waals surface area (Å²) < 4.78 is 0. The number of hydrogen-bond acceptors (Lipinski definition) is 1. The molecule has 1 nitrogen and oxygen atoms in total. The molecule has 0 unspecified atom stereocenters. The van der Waals surface area contributed by atoms with E-state index < -0.39 is 0 Å². The summed E-state index contributed by atoms with van der Waals surface area (Å²) in [6, 6.07) is 0. The molecule has 0 aliphatic carbocycles. The monoisotopic (exact) mass is 165 g/mol. The first-order valence-electron chi connectivity index (χ1n) is 4.31. The number of nitrogens with one attached hydrogen (secondary N) is 1. The van der Waals surface area contributed by atoms with Crippen LogP contribution in [0.3, 0.4) is 0 Å². The summed E-state index contributed by atoms with van der Waals surface area (Å²) in [4.78, 5) is 0. The normalized spacial score (nSPS) is 13.2. The molecule has 0 atom stereocenters. The summed E-state index contributed by atoms with van der Waals surface area (Å²) in [6.07, 6.45) is 7.21. The quantitative estimate of drug-likeness (QED) is 0.618. The Morgan fingerprint density at radius 1 is 1.33 bits per heavy atom. The molecule has 1 N–H and O–H groups in total. The third kappa shape index (κ3) is 5.93. The van der Waals surface area contributed by atoms with Gasteiger partial charge in [-0.2, -0.15) is 0 Å². The van der Waals surface area contributed by atoms with E-state index in [-0.39, 0.29) is 0 Å². The zero-order valence-corrected chi connectivity index (χ0v) is 8.35. The van der Waals surface area contributed by atoms with E-state index in [2.05, 4.69) is 37.9 Å². The molecule has 0 saturated carbocycles. The highest BCUT2D eigenvalue weighted by Crippen LogP contribution is 2.01. The Kier molecular flexibility index (Phi) is 6.39. The van der Waals surface area contributed by atoms with Crippen molar-refractivity contribution in [2.75, 3.05) is 13.6 Å². The first kappa shape index (κ1) is 11.2. The Morgan fingerprint density at radius 3 is 2.50 bits per heavy atom. The zero-order chi connectivity index (χ0) is 9.40. The lowest BCUT2D eigenvalue weighted by molar-refractivity contribution is 0.785. The Labute approximate surface area is 75.9 Å². The summed E-state index contributed by atoms with van der Waals surface area (Å²) in [5.41, 5.74) is 2.60. The van der Waals surface area contributed by atoms with Gasteiger partial charge < -0.3 is 5.32 Å². The maximum atomic E-state index is 3.69. The molecular weight excluding hydrogens is 146 g/mol. The minimum Gasteiger partial charge on any atom is -0.319 e. The van der Waals surface area contributed by atoms with Gasteiger partial charge in [0.25, 0.3) is 0 Å². The molecule has 0 aromatic carbocycles. The maximum absolute atomic E-state index is 3.69. The largest absolute Gasteiger partial charge is 0.319 e. The summed E-state index contributed by atoms with van der Waals surface area (Å²) in [7, 11) is 1.97. The van der Waals surface area contributed by atoms with Gasteiger partial charge in [-0.1, -0.05) is 36.0 Å². The fraction of sp³-hybridized carbons (Fsp3) is 0.455. The maximum Gasteiger partial charge on any atom is -0.00146 e. The highest BCUT2D eigenvalue weighted by molar-refractivity contribution is 5.22. The van der Waals surface area contributed by atoms with Gasteiger partial charge in [-0.15, -0.1) is 0 Å². The zero-order valence-electron chi connectivity index (χ0n) is 8.35. The van der Waals surface area contributed by atoms with Crippen LogP contribution in [-0.2, 0) is 0 Å². The minimum absolute atomic E-state index is 1.04. The van der Waals surface area contributed by atoms with Crippen molar-refractivity contribution < 1.29 is 0 Å². The summed E-state index contributed by atoms with van der Waals surface area (Å²) in [5, 5.41) is 3.12. The molecule has 0 fully saturated rings. The van der Waals surface area contributed by atoms with Crippen molar-refractivity contribution in [2.24, 2.45) is 0 Å². The second-order valence-electron chi connectivity index (χ2n) is 2.98. The molecule has 1 heteroatoms. The van der Waals surface area contributed by atoms with Crippen LogP contribution in [0, 0.1) is 0 Å². The second-order valence-corrected chi connectivity index (χ2v) is 2.98. The Bertz CT molecular complexity index is 187. The molecule has 0 aromatic rings. The third-order valence-electron chi connectivity index (χ3n) is 1.72. The molecule has 0 aliphatic rings. The van der Waals surface area contributed by atoms with Crippen LogP contribution in [0.1, 0.15) is 20.3 Å². The predicted octanol–water partition coefficient (Wildman–Crippen LogP) is 2.67. The van der Waals surface area contributed by atoms with E-state index in [1.165, 1.54) is 11.1 Å². The van der Waals surface area contributed by atoms with Gasteiger partial charge >= 0.3 is 0 Å². The smallest absolute Gasteiger partial charge is 0.00146 e. The lowest BCUT2D eigenvalue weighted by Crippen LogP contribution is -2.07. The van der Waals surface area contributed by atoms with Crippen molar-refractivity contribution >= 4 is 0 Å². The third-order valence-corrected chi connectivity index (χ3v) is 1.72. The molecule has 0 radical (unpaired) electrons. The van der Waals surface area contributed by atoms with Crippen molar-refractivity contribution in [3.63, 3.8) is 0 Å². The lowest BCUT2D eigenvalue weighted by atomic mass is 10.2. The standard InChI is InChI=1S/C11H19N/c1-5-10(2)6-7-11(3)8-9-12-4/h5-7,12H,1,8-9H2,2-4H3/b10-6-,11-7+. The molecule has 12 heavy (non-hydrogen) atoms. The van der Waals surface area contributed by atoms with Crippen LogP contribution >= 0.6 is 0 Å². The van der Waals surface area contributed by atoms with Gasteiger partial charge in [0.2, 0.25) is 0 Å². The molecule has 0 heterocycles. The van der Waals surface area contributed by atoms with Crippen molar-refractivity contribution in [1.29, 1.82) is 0 Å². The van der Waals surface area contributed by atoms with Gasteiger partial charge in [-0.3, -0.25) is 0 Å². The van der Waals surface area contributed by atoms with E-state index in [9.17, 15) is 0 Å².